The third kappa shape index (κ3) is 1.99. The molecule has 0 aromatic heterocycles. The van der Waals surface area contributed by atoms with Crippen molar-refractivity contribution in [2.75, 3.05) is 18.0 Å². The summed E-state index contributed by atoms with van der Waals surface area (Å²) < 4.78 is 4.91. The first kappa shape index (κ1) is 8.10. The lowest BCUT2D eigenvalue weighted by atomic mass is 10.3. The molecule has 1 aromatic carbocycles. The van der Waals surface area contributed by atoms with E-state index in [4.69, 9.17) is 4.74 Å². The standard InChI is InChI=1S/C10H11NO2/c1-8(12)13-10-4-2-9(3-5-10)11-6-7-11/h2-5H,6-7H2,1H3. The second kappa shape index (κ2) is 3.09. The molecular weight excluding hydrogens is 166 g/mol. The van der Waals surface area contributed by atoms with Gasteiger partial charge in [0.15, 0.2) is 0 Å². The van der Waals surface area contributed by atoms with Crippen molar-refractivity contribution in [1.29, 1.82) is 0 Å². The van der Waals surface area contributed by atoms with Crippen LogP contribution in [0.5, 0.6) is 5.75 Å². The molecule has 1 aliphatic rings. The highest BCUT2D eigenvalue weighted by molar-refractivity contribution is 5.69. The SMILES string of the molecule is CC(=O)Oc1ccc(N2CC2)cc1. The van der Waals surface area contributed by atoms with Gasteiger partial charge in [-0.15, -0.1) is 0 Å². The highest BCUT2D eigenvalue weighted by atomic mass is 16.5. The highest BCUT2D eigenvalue weighted by Gasteiger charge is 2.17. The third-order valence-corrected chi connectivity index (χ3v) is 1.91. The zero-order valence-corrected chi connectivity index (χ0v) is 7.49. The maximum atomic E-state index is 10.6. The van der Waals surface area contributed by atoms with Crippen LogP contribution in [0.2, 0.25) is 0 Å². The minimum atomic E-state index is -0.278. The van der Waals surface area contributed by atoms with E-state index in [1.54, 1.807) is 0 Å². The van der Waals surface area contributed by atoms with E-state index in [1.165, 1.54) is 12.6 Å². The molecule has 0 N–H and O–H groups in total. The van der Waals surface area contributed by atoms with Gasteiger partial charge >= 0.3 is 5.97 Å². The Kier molecular flexibility index (Phi) is 1.93. The Labute approximate surface area is 76.9 Å². The number of benzene rings is 1. The number of carbonyl (C=O) groups excluding carboxylic acids is 1. The number of rotatable bonds is 2. The zero-order chi connectivity index (χ0) is 9.26. The molecule has 1 aliphatic heterocycles. The second-order valence-electron chi connectivity index (χ2n) is 3.07. The summed E-state index contributed by atoms with van der Waals surface area (Å²) in [6, 6.07) is 7.56. The van der Waals surface area contributed by atoms with Crippen LogP contribution >= 0.6 is 0 Å². The molecular formula is C10H11NO2. The number of ether oxygens (including phenoxy) is 1. The molecule has 1 fully saturated rings. The minimum Gasteiger partial charge on any atom is -0.427 e. The van der Waals surface area contributed by atoms with E-state index in [9.17, 15) is 4.79 Å². The molecule has 2 rings (SSSR count). The highest BCUT2D eigenvalue weighted by Crippen LogP contribution is 2.23. The van der Waals surface area contributed by atoms with Crippen molar-refractivity contribution in [2.45, 2.75) is 6.92 Å². The Morgan fingerprint density at radius 2 is 1.92 bits per heavy atom. The van der Waals surface area contributed by atoms with Gasteiger partial charge in [-0.1, -0.05) is 0 Å². The Hall–Kier alpha value is -1.51. The molecule has 1 saturated heterocycles. The van der Waals surface area contributed by atoms with E-state index in [0.29, 0.717) is 5.75 Å². The normalized spacial score (nSPS) is 14.1. The molecule has 0 unspecified atom stereocenters. The van der Waals surface area contributed by atoms with Crippen molar-refractivity contribution in [3.05, 3.63) is 24.3 Å². The summed E-state index contributed by atoms with van der Waals surface area (Å²) in [5.41, 5.74) is 1.19. The first-order valence-electron chi connectivity index (χ1n) is 4.29. The summed E-state index contributed by atoms with van der Waals surface area (Å²) in [7, 11) is 0. The molecule has 0 amide bonds. The summed E-state index contributed by atoms with van der Waals surface area (Å²) in [5.74, 6) is 0.331. The maximum Gasteiger partial charge on any atom is 0.308 e. The monoisotopic (exact) mass is 177 g/mol. The fourth-order valence-electron chi connectivity index (χ4n) is 1.20. The minimum absolute atomic E-state index is 0.278. The van der Waals surface area contributed by atoms with Crippen LogP contribution in [0.1, 0.15) is 6.92 Å². The largest absolute Gasteiger partial charge is 0.427 e. The lowest BCUT2D eigenvalue weighted by Crippen LogP contribution is -2.01. The maximum absolute atomic E-state index is 10.6. The van der Waals surface area contributed by atoms with Gasteiger partial charge in [-0.05, 0) is 24.3 Å². The van der Waals surface area contributed by atoms with Crippen molar-refractivity contribution in [3.63, 3.8) is 0 Å². The topological polar surface area (TPSA) is 29.3 Å². The smallest absolute Gasteiger partial charge is 0.308 e. The lowest BCUT2D eigenvalue weighted by Gasteiger charge is -2.04. The number of anilines is 1. The molecule has 0 radical (unpaired) electrons. The number of nitrogens with zero attached hydrogens (tertiary/aromatic N) is 1. The third-order valence-electron chi connectivity index (χ3n) is 1.91. The van der Waals surface area contributed by atoms with Gasteiger partial charge in [-0.2, -0.15) is 0 Å². The number of carbonyl (C=O) groups is 1. The fraction of sp³-hybridized carbons (Fsp3) is 0.300. The van der Waals surface area contributed by atoms with Crippen molar-refractivity contribution in [1.82, 2.24) is 0 Å². The number of esters is 1. The van der Waals surface area contributed by atoms with Crippen molar-refractivity contribution in [2.24, 2.45) is 0 Å². The van der Waals surface area contributed by atoms with Crippen LogP contribution in [-0.4, -0.2) is 19.1 Å². The molecule has 0 atom stereocenters. The molecule has 3 heteroatoms. The van der Waals surface area contributed by atoms with E-state index >= 15 is 0 Å². The lowest BCUT2D eigenvalue weighted by molar-refractivity contribution is -0.131. The van der Waals surface area contributed by atoms with E-state index < -0.39 is 0 Å². The van der Waals surface area contributed by atoms with Crippen LogP contribution in [0.4, 0.5) is 5.69 Å². The Balaban J connectivity index is 2.08. The average Bonchev–Trinajstić information content (AvgIpc) is 2.87. The summed E-state index contributed by atoms with van der Waals surface area (Å²) in [5, 5.41) is 0. The molecule has 3 nitrogen and oxygen atoms in total. The summed E-state index contributed by atoms with van der Waals surface area (Å²) in [6.07, 6.45) is 0. The van der Waals surface area contributed by atoms with Gasteiger partial charge in [0.25, 0.3) is 0 Å². The predicted molar refractivity (Wildman–Crippen MR) is 50.0 cm³/mol. The Morgan fingerprint density at radius 3 is 2.38 bits per heavy atom. The molecule has 0 aliphatic carbocycles. The van der Waals surface area contributed by atoms with Gasteiger partial charge in [0.2, 0.25) is 0 Å². The van der Waals surface area contributed by atoms with Crippen LogP contribution in [-0.2, 0) is 4.79 Å². The fourth-order valence-corrected chi connectivity index (χ4v) is 1.20. The zero-order valence-electron chi connectivity index (χ0n) is 7.49. The van der Waals surface area contributed by atoms with Crippen LogP contribution in [0, 0.1) is 0 Å². The summed E-state index contributed by atoms with van der Waals surface area (Å²) >= 11 is 0. The quantitative estimate of drug-likeness (QED) is 0.389. The van der Waals surface area contributed by atoms with Gasteiger partial charge in [0.1, 0.15) is 5.75 Å². The second-order valence-corrected chi connectivity index (χ2v) is 3.07. The van der Waals surface area contributed by atoms with Gasteiger partial charge in [-0.25, -0.2) is 0 Å². The van der Waals surface area contributed by atoms with E-state index in [0.717, 1.165) is 13.1 Å². The van der Waals surface area contributed by atoms with Crippen molar-refractivity contribution < 1.29 is 9.53 Å². The van der Waals surface area contributed by atoms with Crippen LogP contribution in [0.25, 0.3) is 0 Å². The predicted octanol–water partition coefficient (Wildman–Crippen LogP) is 1.43. The first-order valence-corrected chi connectivity index (χ1v) is 4.29. The van der Waals surface area contributed by atoms with Gasteiger partial charge in [-0.3, -0.25) is 4.79 Å². The Morgan fingerprint density at radius 1 is 1.31 bits per heavy atom. The van der Waals surface area contributed by atoms with E-state index in [-0.39, 0.29) is 5.97 Å². The van der Waals surface area contributed by atoms with E-state index in [1.807, 2.05) is 24.3 Å². The van der Waals surface area contributed by atoms with Gasteiger partial charge in [0, 0.05) is 25.7 Å². The summed E-state index contributed by atoms with van der Waals surface area (Å²) in [4.78, 5) is 12.8. The number of hydrogen-bond donors (Lipinski definition) is 0. The van der Waals surface area contributed by atoms with Crippen LogP contribution in [0.3, 0.4) is 0 Å². The molecule has 68 valence electrons. The van der Waals surface area contributed by atoms with Crippen molar-refractivity contribution >= 4 is 11.7 Å². The first-order chi connectivity index (χ1) is 6.25. The van der Waals surface area contributed by atoms with E-state index in [2.05, 4.69) is 4.90 Å². The van der Waals surface area contributed by atoms with Crippen LogP contribution < -0.4 is 9.64 Å². The molecule has 1 heterocycles. The molecule has 0 spiro atoms. The van der Waals surface area contributed by atoms with Crippen LogP contribution in [0.15, 0.2) is 24.3 Å². The number of hydrogen-bond acceptors (Lipinski definition) is 3. The average molecular weight is 177 g/mol. The van der Waals surface area contributed by atoms with Crippen molar-refractivity contribution in [3.8, 4) is 5.75 Å². The summed E-state index contributed by atoms with van der Waals surface area (Å²) in [6.45, 7) is 3.66. The van der Waals surface area contributed by atoms with Gasteiger partial charge < -0.3 is 9.64 Å². The molecule has 1 aromatic rings. The molecule has 0 saturated carbocycles. The molecule has 13 heavy (non-hydrogen) atoms. The Bertz CT molecular complexity index is 314. The molecule has 0 bridgehead atoms. The van der Waals surface area contributed by atoms with Gasteiger partial charge in [0.05, 0.1) is 0 Å².